The average molecular weight is 344 g/mol. The van der Waals surface area contributed by atoms with Gasteiger partial charge in [0.25, 0.3) is 11.8 Å². The molecule has 2 aromatic rings. The summed E-state index contributed by atoms with van der Waals surface area (Å²) < 4.78 is 56.8. The first-order valence-corrected chi connectivity index (χ1v) is 6.67. The number of pyridine rings is 1. The molecule has 1 unspecified atom stereocenters. The molecule has 5 nitrogen and oxygen atoms in total. The van der Waals surface area contributed by atoms with E-state index in [9.17, 15) is 22.4 Å². The van der Waals surface area contributed by atoms with E-state index in [4.69, 9.17) is 9.94 Å². The molecular weight excluding hydrogens is 332 g/mol. The van der Waals surface area contributed by atoms with Gasteiger partial charge < -0.3 is 4.74 Å². The van der Waals surface area contributed by atoms with Crippen LogP contribution in [0.1, 0.15) is 28.8 Å². The van der Waals surface area contributed by atoms with Gasteiger partial charge in [-0.2, -0.15) is 13.2 Å². The SMILES string of the molecule is CC(c1ccc(Oc2ncc(C(=O)NO)cc2F)cc1)C(F)(F)F. The highest BCUT2D eigenvalue weighted by atomic mass is 19.4. The minimum absolute atomic E-state index is 0.0400. The highest BCUT2D eigenvalue weighted by Gasteiger charge is 2.36. The molecule has 1 atom stereocenters. The monoisotopic (exact) mass is 344 g/mol. The number of hydrogen-bond donors (Lipinski definition) is 2. The minimum Gasteiger partial charge on any atom is -0.436 e. The van der Waals surface area contributed by atoms with Crippen molar-refractivity contribution in [3.8, 4) is 11.6 Å². The molecule has 2 N–H and O–H groups in total. The Hall–Kier alpha value is -2.68. The van der Waals surface area contributed by atoms with Gasteiger partial charge in [0.15, 0.2) is 5.82 Å². The molecule has 0 aliphatic rings. The summed E-state index contributed by atoms with van der Waals surface area (Å²) in [4.78, 5) is 14.7. The van der Waals surface area contributed by atoms with Crippen molar-refractivity contribution in [2.75, 3.05) is 0 Å². The topological polar surface area (TPSA) is 71.5 Å². The third-order valence-electron chi connectivity index (χ3n) is 3.26. The zero-order valence-electron chi connectivity index (χ0n) is 12.3. The fourth-order valence-electron chi connectivity index (χ4n) is 1.81. The number of nitrogens with one attached hydrogen (secondary N) is 1. The van der Waals surface area contributed by atoms with E-state index >= 15 is 0 Å². The quantitative estimate of drug-likeness (QED) is 0.503. The molecule has 1 aromatic heterocycles. The van der Waals surface area contributed by atoms with E-state index in [-0.39, 0.29) is 16.9 Å². The van der Waals surface area contributed by atoms with Gasteiger partial charge in [-0.25, -0.2) is 14.9 Å². The van der Waals surface area contributed by atoms with Crippen LogP contribution in [-0.2, 0) is 0 Å². The molecule has 1 amide bonds. The number of ether oxygens (including phenoxy) is 1. The number of hydrogen-bond acceptors (Lipinski definition) is 4. The second-order valence-electron chi connectivity index (χ2n) is 4.89. The average Bonchev–Trinajstić information content (AvgIpc) is 2.55. The van der Waals surface area contributed by atoms with E-state index < -0.39 is 29.7 Å². The summed E-state index contributed by atoms with van der Waals surface area (Å²) in [6.45, 7) is 1.03. The number of benzene rings is 1. The molecule has 0 bridgehead atoms. The lowest BCUT2D eigenvalue weighted by Gasteiger charge is -2.16. The van der Waals surface area contributed by atoms with Gasteiger partial charge in [-0.3, -0.25) is 10.0 Å². The number of rotatable bonds is 4. The number of hydroxylamine groups is 1. The molecule has 24 heavy (non-hydrogen) atoms. The summed E-state index contributed by atoms with van der Waals surface area (Å²) in [7, 11) is 0. The molecule has 0 aliphatic carbocycles. The number of amides is 1. The normalized spacial score (nSPS) is 12.6. The van der Waals surface area contributed by atoms with Crippen molar-refractivity contribution in [1.29, 1.82) is 0 Å². The van der Waals surface area contributed by atoms with Gasteiger partial charge in [-0.15, -0.1) is 0 Å². The van der Waals surface area contributed by atoms with Crippen LogP contribution >= 0.6 is 0 Å². The maximum Gasteiger partial charge on any atom is 0.395 e. The molecule has 0 saturated heterocycles. The van der Waals surface area contributed by atoms with Crippen molar-refractivity contribution in [3.63, 3.8) is 0 Å². The highest BCUT2D eigenvalue weighted by molar-refractivity contribution is 5.93. The van der Waals surface area contributed by atoms with Crippen molar-refractivity contribution in [2.45, 2.75) is 19.0 Å². The number of nitrogens with zero attached hydrogens (tertiary/aromatic N) is 1. The van der Waals surface area contributed by atoms with Crippen LogP contribution in [-0.4, -0.2) is 22.3 Å². The second-order valence-corrected chi connectivity index (χ2v) is 4.89. The molecular formula is C15H12F4N2O3. The van der Waals surface area contributed by atoms with Crippen LogP contribution in [0.5, 0.6) is 11.6 Å². The Morgan fingerprint density at radius 1 is 1.29 bits per heavy atom. The molecule has 0 aliphatic heterocycles. The number of halogens is 4. The first-order valence-electron chi connectivity index (χ1n) is 6.67. The minimum atomic E-state index is -4.36. The maximum absolute atomic E-state index is 13.8. The largest absolute Gasteiger partial charge is 0.436 e. The summed E-state index contributed by atoms with van der Waals surface area (Å²) in [5, 5.41) is 8.45. The number of carbonyl (C=O) groups excluding carboxylic acids is 1. The van der Waals surface area contributed by atoms with Crippen LogP contribution in [0.2, 0.25) is 0 Å². The van der Waals surface area contributed by atoms with Crippen molar-refractivity contribution in [1.82, 2.24) is 10.5 Å². The first-order chi connectivity index (χ1) is 11.2. The second kappa shape index (κ2) is 6.83. The fourth-order valence-corrected chi connectivity index (χ4v) is 1.81. The zero-order chi connectivity index (χ0) is 17.9. The van der Waals surface area contributed by atoms with Crippen molar-refractivity contribution in [2.24, 2.45) is 0 Å². The molecule has 2 rings (SSSR count). The van der Waals surface area contributed by atoms with E-state index in [0.717, 1.165) is 19.2 Å². The van der Waals surface area contributed by atoms with Crippen LogP contribution in [0.4, 0.5) is 17.6 Å². The molecule has 1 heterocycles. The highest BCUT2D eigenvalue weighted by Crippen LogP contribution is 2.35. The molecule has 0 saturated carbocycles. The summed E-state index contributed by atoms with van der Waals surface area (Å²) in [5.41, 5.74) is 1.14. The fraction of sp³-hybridized carbons (Fsp3) is 0.200. The summed E-state index contributed by atoms with van der Waals surface area (Å²) in [6.07, 6.45) is -3.39. The van der Waals surface area contributed by atoms with Gasteiger partial charge in [0.1, 0.15) is 5.75 Å². The van der Waals surface area contributed by atoms with Gasteiger partial charge in [0, 0.05) is 6.20 Å². The molecule has 0 fully saturated rings. The lowest BCUT2D eigenvalue weighted by molar-refractivity contribution is -0.146. The van der Waals surface area contributed by atoms with Crippen LogP contribution < -0.4 is 10.2 Å². The van der Waals surface area contributed by atoms with Gasteiger partial charge >= 0.3 is 6.18 Å². The Bertz CT molecular complexity index is 732. The Morgan fingerprint density at radius 2 is 1.92 bits per heavy atom. The molecule has 1 aromatic carbocycles. The predicted octanol–water partition coefficient (Wildman–Crippen LogP) is 3.80. The lowest BCUT2D eigenvalue weighted by Crippen LogP contribution is -2.19. The molecule has 9 heteroatoms. The third kappa shape index (κ3) is 3.99. The van der Waals surface area contributed by atoms with E-state index in [1.165, 1.54) is 29.7 Å². The Kier molecular flexibility index (Phi) is 5.03. The summed E-state index contributed by atoms with van der Waals surface area (Å²) in [6, 6.07) is 5.76. The van der Waals surface area contributed by atoms with Crippen LogP contribution in [0, 0.1) is 5.82 Å². The maximum atomic E-state index is 13.8. The predicted molar refractivity (Wildman–Crippen MR) is 74.4 cm³/mol. The van der Waals surface area contributed by atoms with Crippen LogP contribution in [0.25, 0.3) is 0 Å². The summed E-state index contributed by atoms with van der Waals surface area (Å²) in [5.74, 6) is -3.93. The first kappa shape index (κ1) is 17.7. The Labute approximate surface area is 133 Å². The van der Waals surface area contributed by atoms with Gasteiger partial charge in [-0.05, 0) is 30.7 Å². The van der Waals surface area contributed by atoms with E-state index in [1.54, 1.807) is 0 Å². The smallest absolute Gasteiger partial charge is 0.395 e. The van der Waals surface area contributed by atoms with Crippen molar-refractivity contribution in [3.05, 3.63) is 53.5 Å². The standard InChI is InChI=1S/C15H12F4N2O3/c1-8(15(17,18)19)9-2-4-11(5-3-9)24-14-12(16)6-10(7-20-14)13(22)21-23/h2-8,23H,1H3,(H,21,22). The van der Waals surface area contributed by atoms with E-state index in [0.29, 0.717) is 0 Å². The summed E-state index contributed by atoms with van der Waals surface area (Å²) >= 11 is 0. The zero-order valence-corrected chi connectivity index (χ0v) is 12.3. The lowest BCUT2D eigenvalue weighted by atomic mass is 10.0. The Balaban J connectivity index is 2.16. The van der Waals surface area contributed by atoms with E-state index in [2.05, 4.69) is 4.98 Å². The van der Waals surface area contributed by atoms with Crippen LogP contribution in [0.15, 0.2) is 36.5 Å². The van der Waals surface area contributed by atoms with Gasteiger partial charge in [-0.1, -0.05) is 12.1 Å². The molecule has 0 radical (unpaired) electrons. The Morgan fingerprint density at radius 3 is 2.42 bits per heavy atom. The van der Waals surface area contributed by atoms with E-state index in [1.807, 2.05) is 0 Å². The third-order valence-corrected chi connectivity index (χ3v) is 3.26. The molecule has 0 spiro atoms. The van der Waals surface area contributed by atoms with Crippen molar-refractivity contribution < 1.29 is 32.3 Å². The van der Waals surface area contributed by atoms with Crippen LogP contribution in [0.3, 0.4) is 0 Å². The number of aromatic nitrogens is 1. The number of alkyl halides is 3. The van der Waals surface area contributed by atoms with Gasteiger partial charge in [0.2, 0.25) is 0 Å². The molecule has 128 valence electrons. The van der Waals surface area contributed by atoms with Gasteiger partial charge in [0.05, 0.1) is 11.5 Å². The number of carbonyl (C=O) groups is 1. The van der Waals surface area contributed by atoms with Crippen molar-refractivity contribution >= 4 is 5.91 Å².